The highest BCUT2D eigenvalue weighted by Gasteiger charge is 2.16. The molecule has 8 heteroatoms. The Labute approximate surface area is 139 Å². The van der Waals surface area contributed by atoms with Gasteiger partial charge in [0.15, 0.2) is 15.7 Å². The average Bonchev–Trinajstić information content (AvgIpc) is 2.91. The Morgan fingerprint density at radius 1 is 1.12 bits per heavy atom. The van der Waals surface area contributed by atoms with Gasteiger partial charge in [0.05, 0.1) is 0 Å². The number of nitrogens with one attached hydrogen (secondary N) is 1. The number of pyridine rings is 1. The van der Waals surface area contributed by atoms with Gasteiger partial charge in [0.1, 0.15) is 5.88 Å². The third kappa shape index (κ3) is 2.92. The molecule has 126 valence electrons. The molecule has 0 aliphatic rings. The van der Waals surface area contributed by atoms with E-state index in [1.54, 1.807) is 32.6 Å². The summed E-state index contributed by atoms with van der Waals surface area (Å²) in [6.07, 6.45) is 4.58. The zero-order valence-corrected chi connectivity index (χ0v) is 14.5. The number of aryl methyl sites for hydroxylation is 1. The Kier molecular flexibility index (Phi) is 3.92. The van der Waals surface area contributed by atoms with Gasteiger partial charge in [-0.25, -0.2) is 8.42 Å². The highest BCUT2D eigenvalue weighted by Crippen LogP contribution is 2.31. The Morgan fingerprint density at radius 3 is 2.42 bits per heavy atom. The first-order valence-corrected chi connectivity index (χ1v) is 9.38. The molecule has 0 atom stereocenters. The minimum atomic E-state index is -3.21. The van der Waals surface area contributed by atoms with E-state index in [-0.39, 0.29) is 11.4 Å². The van der Waals surface area contributed by atoms with E-state index in [2.05, 4.69) is 10.4 Å². The van der Waals surface area contributed by atoms with Gasteiger partial charge in [-0.3, -0.25) is 9.48 Å². The lowest BCUT2D eigenvalue weighted by molar-refractivity contribution is 0.582. The van der Waals surface area contributed by atoms with Gasteiger partial charge in [-0.15, -0.1) is 0 Å². The van der Waals surface area contributed by atoms with E-state index in [4.69, 9.17) is 0 Å². The first kappa shape index (κ1) is 16.3. The van der Waals surface area contributed by atoms with E-state index in [0.717, 1.165) is 22.8 Å². The van der Waals surface area contributed by atoms with Crippen molar-refractivity contribution in [2.75, 3.05) is 18.6 Å². The van der Waals surface area contributed by atoms with Crippen LogP contribution in [-0.2, 0) is 22.8 Å². The summed E-state index contributed by atoms with van der Waals surface area (Å²) in [7, 11) is 0.205. The maximum absolute atomic E-state index is 12.3. The Balaban J connectivity index is 2.28. The fourth-order valence-corrected chi connectivity index (χ4v) is 3.35. The number of nitrogens with zero attached hydrogens (tertiary/aromatic N) is 3. The summed E-state index contributed by atoms with van der Waals surface area (Å²) in [5.74, 6) is 0.355. The van der Waals surface area contributed by atoms with Gasteiger partial charge in [0, 0.05) is 49.3 Å². The summed E-state index contributed by atoms with van der Waals surface area (Å²) in [6.45, 7) is 0. The summed E-state index contributed by atoms with van der Waals surface area (Å²) >= 11 is 0. The van der Waals surface area contributed by atoms with Crippen LogP contribution in [0.3, 0.4) is 0 Å². The van der Waals surface area contributed by atoms with Crippen LogP contribution in [0, 0.1) is 0 Å². The summed E-state index contributed by atoms with van der Waals surface area (Å²) in [6, 6.07) is 7.34. The van der Waals surface area contributed by atoms with E-state index in [1.807, 2.05) is 18.2 Å². The Morgan fingerprint density at radius 2 is 1.79 bits per heavy atom. The number of hydrogen-bond acceptors (Lipinski definition) is 5. The second kappa shape index (κ2) is 5.79. The van der Waals surface area contributed by atoms with E-state index >= 15 is 0 Å². The summed E-state index contributed by atoms with van der Waals surface area (Å²) in [4.78, 5) is 12.3. The molecule has 24 heavy (non-hydrogen) atoms. The average molecular weight is 346 g/mol. The van der Waals surface area contributed by atoms with Crippen LogP contribution >= 0.6 is 0 Å². The molecule has 0 radical (unpaired) electrons. The van der Waals surface area contributed by atoms with E-state index in [1.165, 1.54) is 9.25 Å². The molecule has 3 rings (SSSR count). The quantitative estimate of drug-likeness (QED) is 0.773. The van der Waals surface area contributed by atoms with Crippen molar-refractivity contribution in [1.29, 1.82) is 0 Å². The fourth-order valence-electron chi connectivity index (χ4n) is 2.74. The van der Waals surface area contributed by atoms with Crippen LogP contribution in [0.25, 0.3) is 21.9 Å². The van der Waals surface area contributed by atoms with Crippen LogP contribution in [-0.4, -0.2) is 36.1 Å². The molecule has 0 fully saturated rings. The van der Waals surface area contributed by atoms with Crippen molar-refractivity contribution in [2.24, 2.45) is 7.05 Å². The summed E-state index contributed by atoms with van der Waals surface area (Å²) in [5.41, 5.74) is 1.48. The third-order valence-corrected chi connectivity index (χ3v) is 4.48. The molecule has 1 aromatic carbocycles. The standard InChI is InChI=1S/C16H18N4O3S/c1-17-15-14(9-20(18-15)10-24(3,22)23)13-8-19(2)16(21)12-7-5-4-6-11(12)13/h4-9H,10H2,1-3H3,(H,17,18). The Hall–Kier alpha value is -2.61. The molecule has 2 heterocycles. The van der Waals surface area contributed by atoms with Crippen LogP contribution in [0.1, 0.15) is 0 Å². The van der Waals surface area contributed by atoms with Gasteiger partial charge >= 0.3 is 0 Å². The molecule has 0 saturated heterocycles. The number of hydrogen-bond donors (Lipinski definition) is 1. The topological polar surface area (TPSA) is 86.0 Å². The van der Waals surface area contributed by atoms with Crippen molar-refractivity contribution < 1.29 is 8.42 Å². The number of aromatic nitrogens is 3. The number of sulfone groups is 1. The molecule has 3 aromatic rings. The second-order valence-corrected chi connectivity index (χ2v) is 7.85. The number of anilines is 1. The molecule has 0 aliphatic carbocycles. The smallest absolute Gasteiger partial charge is 0.258 e. The predicted molar refractivity (Wildman–Crippen MR) is 94.8 cm³/mol. The van der Waals surface area contributed by atoms with Crippen molar-refractivity contribution >= 4 is 26.4 Å². The van der Waals surface area contributed by atoms with Crippen molar-refractivity contribution in [3.63, 3.8) is 0 Å². The molecular weight excluding hydrogens is 328 g/mol. The predicted octanol–water partition coefficient (Wildman–Crippen LogP) is 1.45. The van der Waals surface area contributed by atoms with Crippen LogP contribution in [0.15, 0.2) is 41.5 Å². The molecule has 0 aliphatic heterocycles. The number of benzene rings is 1. The van der Waals surface area contributed by atoms with Crippen molar-refractivity contribution in [1.82, 2.24) is 14.3 Å². The van der Waals surface area contributed by atoms with Gasteiger partial charge in [-0.05, 0) is 11.5 Å². The van der Waals surface area contributed by atoms with Gasteiger partial charge in [-0.1, -0.05) is 18.2 Å². The van der Waals surface area contributed by atoms with Gasteiger partial charge in [0.2, 0.25) is 0 Å². The minimum absolute atomic E-state index is 0.0797. The second-order valence-electron chi connectivity index (χ2n) is 5.74. The van der Waals surface area contributed by atoms with Gasteiger partial charge in [0.25, 0.3) is 5.56 Å². The third-order valence-electron chi connectivity index (χ3n) is 3.75. The lowest BCUT2D eigenvalue weighted by atomic mass is 10.0. The minimum Gasteiger partial charge on any atom is -0.371 e. The van der Waals surface area contributed by atoms with Gasteiger partial charge < -0.3 is 9.88 Å². The normalized spacial score (nSPS) is 11.8. The molecule has 7 nitrogen and oxygen atoms in total. The zero-order valence-electron chi connectivity index (χ0n) is 13.6. The molecule has 0 saturated carbocycles. The largest absolute Gasteiger partial charge is 0.371 e. The molecule has 0 amide bonds. The Bertz CT molecular complexity index is 1080. The first-order valence-electron chi connectivity index (χ1n) is 7.32. The zero-order chi connectivity index (χ0) is 17.5. The molecule has 0 spiro atoms. The van der Waals surface area contributed by atoms with Crippen LogP contribution in [0.2, 0.25) is 0 Å². The fraction of sp³-hybridized carbons (Fsp3) is 0.250. The highest BCUT2D eigenvalue weighted by atomic mass is 32.2. The van der Waals surface area contributed by atoms with Crippen LogP contribution in [0.4, 0.5) is 5.82 Å². The lowest BCUT2D eigenvalue weighted by Crippen LogP contribution is -2.16. The lowest BCUT2D eigenvalue weighted by Gasteiger charge is -2.09. The molecule has 0 unspecified atom stereocenters. The van der Waals surface area contributed by atoms with Crippen molar-refractivity contribution in [2.45, 2.75) is 5.88 Å². The molecule has 2 aromatic heterocycles. The van der Waals surface area contributed by atoms with Gasteiger partial charge in [-0.2, -0.15) is 5.10 Å². The summed E-state index contributed by atoms with van der Waals surface area (Å²) < 4.78 is 26.0. The van der Waals surface area contributed by atoms with Crippen LogP contribution < -0.4 is 10.9 Å². The SMILES string of the molecule is CNc1nn(CS(C)(=O)=O)cc1-c1cn(C)c(=O)c2ccccc12. The molecule has 1 N–H and O–H groups in total. The highest BCUT2D eigenvalue weighted by molar-refractivity contribution is 7.89. The maximum atomic E-state index is 12.3. The number of fused-ring (bicyclic) bond motifs is 1. The maximum Gasteiger partial charge on any atom is 0.258 e. The number of rotatable bonds is 4. The first-order chi connectivity index (χ1) is 11.3. The van der Waals surface area contributed by atoms with Crippen molar-refractivity contribution in [3.05, 3.63) is 47.0 Å². The van der Waals surface area contributed by atoms with E-state index < -0.39 is 9.84 Å². The summed E-state index contributed by atoms with van der Waals surface area (Å²) in [5, 5.41) is 8.68. The van der Waals surface area contributed by atoms with Crippen molar-refractivity contribution in [3.8, 4) is 11.1 Å². The molecule has 0 bridgehead atoms. The molecular formula is C16H18N4O3S. The van der Waals surface area contributed by atoms with E-state index in [0.29, 0.717) is 11.2 Å². The van der Waals surface area contributed by atoms with E-state index in [9.17, 15) is 13.2 Å². The monoisotopic (exact) mass is 346 g/mol. The van der Waals surface area contributed by atoms with Crippen LogP contribution in [0.5, 0.6) is 0 Å².